The van der Waals surface area contributed by atoms with Gasteiger partial charge in [-0.3, -0.25) is 0 Å². The Kier molecular flexibility index (Phi) is 4.67. The molecule has 0 spiro atoms. The van der Waals surface area contributed by atoms with Crippen molar-refractivity contribution in [2.45, 2.75) is 32.3 Å². The number of fused-ring (bicyclic) bond motifs is 1. The summed E-state index contributed by atoms with van der Waals surface area (Å²) in [6, 6.07) is 4.12. The molecule has 0 unspecified atom stereocenters. The Morgan fingerprint density at radius 2 is 2.24 bits per heavy atom. The van der Waals surface area contributed by atoms with Gasteiger partial charge in [-0.05, 0) is 57.0 Å². The minimum atomic E-state index is 0.437. The summed E-state index contributed by atoms with van der Waals surface area (Å²) in [5.41, 5.74) is 2.06. The lowest BCUT2D eigenvalue weighted by molar-refractivity contribution is 0.0329. The van der Waals surface area contributed by atoms with Gasteiger partial charge in [0, 0.05) is 13.2 Å². The summed E-state index contributed by atoms with van der Waals surface area (Å²) in [4.78, 5) is 4.23. The van der Waals surface area contributed by atoms with Crippen LogP contribution in [0.3, 0.4) is 0 Å². The predicted molar refractivity (Wildman–Crippen MR) is 82.7 cm³/mol. The summed E-state index contributed by atoms with van der Waals surface area (Å²) < 4.78 is 7.74. The van der Waals surface area contributed by atoms with Crippen molar-refractivity contribution in [1.29, 1.82) is 0 Å². The fraction of sp³-hybridized carbons (Fsp3) is 0.600. The summed E-state index contributed by atoms with van der Waals surface area (Å²) in [6.45, 7) is 5.92. The Morgan fingerprint density at radius 1 is 1.38 bits per heavy atom. The number of aromatic nitrogens is 3. The topological polar surface area (TPSA) is 63.5 Å². The number of nitrogens with zero attached hydrogens (tertiary/aromatic N) is 3. The van der Waals surface area contributed by atoms with Gasteiger partial charge < -0.3 is 15.4 Å². The molecule has 3 rings (SSSR count). The number of ether oxygens (including phenoxy) is 1. The summed E-state index contributed by atoms with van der Waals surface area (Å²) in [5, 5.41) is 11.0. The monoisotopic (exact) mass is 289 g/mol. The van der Waals surface area contributed by atoms with E-state index in [4.69, 9.17) is 4.74 Å². The lowest BCUT2D eigenvalue weighted by Gasteiger charge is -2.22. The van der Waals surface area contributed by atoms with Crippen LogP contribution in [0, 0.1) is 6.92 Å². The predicted octanol–water partition coefficient (Wildman–Crippen LogP) is 1.61. The zero-order chi connectivity index (χ0) is 14.5. The van der Waals surface area contributed by atoms with E-state index in [1.807, 2.05) is 10.6 Å². The molecular formula is C15H23N5O. The minimum absolute atomic E-state index is 0.437. The van der Waals surface area contributed by atoms with Crippen molar-refractivity contribution in [2.75, 3.05) is 31.6 Å². The molecule has 2 aromatic rings. The molecule has 0 saturated carbocycles. The normalized spacial score (nSPS) is 16.4. The van der Waals surface area contributed by atoms with Crippen LogP contribution in [0.4, 0.5) is 5.82 Å². The fourth-order valence-corrected chi connectivity index (χ4v) is 2.68. The van der Waals surface area contributed by atoms with Crippen molar-refractivity contribution in [3.63, 3.8) is 0 Å². The molecule has 0 aliphatic carbocycles. The van der Waals surface area contributed by atoms with Gasteiger partial charge in [-0.1, -0.05) is 0 Å². The Bertz CT molecular complexity index is 576. The number of pyridine rings is 1. The number of aryl methyl sites for hydroxylation is 1. The van der Waals surface area contributed by atoms with E-state index in [9.17, 15) is 0 Å². The van der Waals surface area contributed by atoms with Gasteiger partial charge in [-0.25, -0.2) is 4.98 Å². The van der Waals surface area contributed by atoms with Crippen LogP contribution < -0.4 is 10.6 Å². The second kappa shape index (κ2) is 6.87. The van der Waals surface area contributed by atoms with E-state index in [0.29, 0.717) is 6.10 Å². The van der Waals surface area contributed by atoms with Crippen LogP contribution in [-0.4, -0.2) is 46.9 Å². The zero-order valence-electron chi connectivity index (χ0n) is 12.5. The molecule has 0 bridgehead atoms. The van der Waals surface area contributed by atoms with Gasteiger partial charge in [0.05, 0.1) is 6.10 Å². The average molecular weight is 289 g/mol. The Labute approximate surface area is 124 Å². The van der Waals surface area contributed by atoms with Crippen molar-refractivity contribution in [3.8, 4) is 0 Å². The van der Waals surface area contributed by atoms with Gasteiger partial charge in [0.1, 0.15) is 12.1 Å². The van der Waals surface area contributed by atoms with E-state index in [1.165, 1.54) is 5.56 Å². The van der Waals surface area contributed by atoms with Crippen LogP contribution in [0.15, 0.2) is 18.5 Å². The first-order valence-corrected chi connectivity index (χ1v) is 7.69. The Hall–Kier alpha value is -1.66. The largest absolute Gasteiger partial charge is 0.378 e. The molecule has 3 heterocycles. The van der Waals surface area contributed by atoms with Crippen LogP contribution in [-0.2, 0) is 4.74 Å². The van der Waals surface area contributed by atoms with E-state index in [-0.39, 0.29) is 0 Å². The van der Waals surface area contributed by atoms with Gasteiger partial charge in [0.15, 0.2) is 5.65 Å². The first kappa shape index (κ1) is 14.3. The molecule has 21 heavy (non-hydrogen) atoms. The third kappa shape index (κ3) is 3.71. The van der Waals surface area contributed by atoms with E-state index < -0.39 is 0 Å². The molecule has 6 heteroatoms. The number of nitrogens with one attached hydrogen (secondary N) is 2. The van der Waals surface area contributed by atoms with Gasteiger partial charge in [0.2, 0.25) is 0 Å². The van der Waals surface area contributed by atoms with Crippen LogP contribution >= 0.6 is 0 Å². The lowest BCUT2D eigenvalue weighted by atomic mass is 10.1. The SMILES string of the molecule is Cc1cc(NCCCOC2CCNCC2)n2ncnc2c1. The summed E-state index contributed by atoms with van der Waals surface area (Å²) in [7, 11) is 0. The number of anilines is 1. The van der Waals surface area contributed by atoms with E-state index in [1.54, 1.807) is 6.33 Å². The second-order valence-corrected chi connectivity index (χ2v) is 5.55. The highest BCUT2D eigenvalue weighted by Gasteiger charge is 2.12. The van der Waals surface area contributed by atoms with Gasteiger partial charge >= 0.3 is 0 Å². The second-order valence-electron chi connectivity index (χ2n) is 5.55. The molecule has 1 aliphatic heterocycles. The average Bonchev–Trinajstić information content (AvgIpc) is 2.96. The minimum Gasteiger partial charge on any atom is -0.378 e. The van der Waals surface area contributed by atoms with E-state index in [0.717, 1.165) is 57.0 Å². The standard InChI is InChI=1S/C15H23N5O/c1-12-9-14(20-15(10-12)18-11-19-20)17-5-2-8-21-13-3-6-16-7-4-13/h9-11,13,16-17H,2-8H2,1H3. The highest BCUT2D eigenvalue weighted by Crippen LogP contribution is 2.13. The van der Waals surface area contributed by atoms with Crippen LogP contribution in [0.25, 0.3) is 5.65 Å². The third-order valence-corrected chi connectivity index (χ3v) is 3.79. The molecule has 114 valence electrons. The molecule has 2 aromatic heterocycles. The summed E-state index contributed by atoms with van der Waals surface area (Å²) in [6.07, 6.45) is 5.27. The number of rotatable bonds is 6. The smallest absolute Gasteiger partial charge is 0.157 e. The van der Waals surface area contributed by atoms with E-state index in [2.05, 4.69) is 33.7 Å². The molecular weight excluding hydrogens is 266 g/mol. The van der Waals surface area contributed by atoms with Crippen molar-refractivity contribution < 1.29 is 4.74 Å². The first-order valence-electron chi connectivity index (χ1n) is 7.69. The van der Waals surface area contributed by atoms with Gasteiger partial charge in [0.25, 0.3) is 0 Å². The first-order chi connectivity index (χ1) is 10.3. The van der Waals surface area contributed by atoms with E-state index >= 15 is 0 Å². The molecule has 0 atom stereocenters. The number of hydrogen-bond acceptors (Lipinski definition) is 5. The fourth-order valence-electron chi connectivity index (χ4n) is 2.68. The number of piperidine rings is 1. The van der Waals surface area contributed by atoms with Crippen LogP contribution in [0.1, 0.15) is 24.8 Å². The molecule has 1 saturated heterocycles. The lowest BCUT2D eigenvalue weighted by Crippen LogP contribution is -2.32. The maximum absolute atomic E-state index is 5.90. The quantitative estimate of drug-likeness (QED) is 0.791. The molecule has 1 aliphatic rings. The summed E-state index contributed by atoms with van der Waals surface area (Å²) in [5.74, 6) is 0.990. The van der Waals surface area contributed by atoms with Crippen molar-refractivity contribution in [2.24, 2.45) is 0 Å². The molecule has 0 aromatic carbocycles. The summed E-state index contributed by atoms with van der Waals surface area (Å²) >= 11 is 0. The van der Waals surface area contributed by atoms with Crippen molar-refractivity contribution in [3.05, 3.63) is 24.0 Å². The molecule has 2 N–H and O–H groups in total. The highest BCUT2D eigenvalue weighted by molar-refractivity contribution is 5.51. The maximum atomic E-state index is 5.90. The van der Waals surface area contributed by atoms with Crippen LogP contribution in [0.5, 0.6) is 0 Å². The highest BCUT2D eigenvalue weighted by atomic mass is 16.5. The van der Waals surface area contributed by atoms with Gasteiger partial charge in [-0.15, -0.1) is 0 Å². The Balaban J connectivity index is 1.45. The van der Waals surface area contributed by atoms with Gasteiger partial charge in [-0.2, -0.15) is 9.61 Å². The zero-order valence-corrected chi connectivity index (χ0v) is 12.5. The molecule has 0 amide bonds. The van der Waals surface area contributed by atoms with Crippen LogP contribution in [0.2, 0.25) is 0 Å². The third-order valence-electron chi connectivity index (χ3n) is 3.79. The Morgan fingerprint density at radius 3 is 3.10 bits per heavy atom. The molecule has 6 nitrogen and oxygen atoms in total. The number of hydrogen-bond donors (Lipinski definition) is 2. The maximum Gasteiger partial charge on any atom is 0.157 e. The van der Waals surface area contributed by atoms with Crippen molar-refractivity contribution in [1.82, 2.24) is 19.9 Å². The molecule has 0 radical (unpaired) electrons. The van der Waals surface area contributed by atoms with Crippen molar-refractivity contribution >= 4 is 11.5 Å². The molecule has 1 fully saturated rings.